The van der Waals surface area contributed by atoms with E-state index in [0.717, 1.165) is 29.3 Å². The second-order valence-corrected chi connectivity index (χ2v) is 9.49. The number of carbonyl (C=O) groups excluding carboxylic acids is 1. The molecule has 174 valence electrons. The van der Waals surface area contributed by atoms with Crippen LogP contribution < -0.4 is 15.2 Å². The fourth-order valence-electron chi connectivity index (χ4n) is 4.24. The monoisotopic (exact) mass is 474 g/mol. The summed E-state index contributed by atoms with van der Waals surface area (Å²) >= 11 is 1.40. The van der Waals surface area contributed by atoms with E-state index in [-0.39, 0.29) is 18.0 Å². The van der Waals surface area contributed by atoms with Crippen LogP contribution in [-0.4, -0.2) is 53.6 Å². The molecule has 1 saturated heterocycles. The van der Waals surface area contributed by atoms with Crippen molar-refractivity contribution in [1.82, 2.24) is 14.5 Å². The van der Waals surface area contributed by atoms with Crippen LogP contribution in [0.15, 0.2) is 65.7 Å². The molecule has 8 heteroatoms. The van der Waals surface area contributed by atoms with Crippen LogP contribution in [0.25, 0.3) is 20.7 Å². The molecule has 1 amide bonds. The lowest BCUT2D eigenvalue weighted by Gasteiger charge is -2.36. The zero-order valence-electron chi connectivity index (χ0n) is 19.2. The zero-order valence-corrected chi connectivity index (χ0v) is 20.0. The highest BCUT2D eigenvalue weighted by Gasteiger charge is 2.22. The Morgan fingerprint density at radius 2 is 1.82 bits per heavy atom. The molecule has 1 fully saturated rings. The molecule has 34 heavy (non-hydrogen) atoms. The zero-order chi connectivity index (χ0) is 23.7. The summed E-state index contributed by atoms with van der Waals surface area (Å²) in [5, 5.41) is 0. The lowest BCUT2D eigenvalue weighted by Crippen LogP contribution is -2.50. The number of carbonyl (C=O) groups is 1. The van der Waals surface area contributed by atoms with E-state index in [2.05, 4.69) is 41.1 Å². The SMILES string of the molecule is COc1ccc(-c2cc3ncn(CC(=O)N4CCN(c5cccc(C)c5)CC4)c(=O)c3s2)cc1. The number of piperazine rings is 1. The molecule has 2 aromatic carbocycles. The Hall–Kier alpha value is -3.65. The summed E-state index contributed by atoms with van der Waals surface area (Å²) in [5.41, 5.74) is 3.88. The molecule has 4 aromatic rings. The van der Waals surface area contributed by atoms with Crippen LogP contribution in [0, 0.1) is 6.92 Å². The Labute approximate surface area is 201 Å². The Balaban J connectivity index is 1.28. The van der Waals surface area contributed by atoms with Gasteiger partial charge in [-0.1, -0.05) is 12.1 Å². The van der Waals surface area contributed by atoms with Crippen LogP contribution >= 0.6 is 11.3 Å². The molecule has 5 rings (SSSR count). The van der Waals surface area contributed by atoms with Gasteiger partial charge in [-0.2, -0.15) is 0 Å². The van der Waals surface area contributed by atoms with Gasteiger partial charge >= 0.3 is 0 Å². The maximum atomic E-state index is 13.1. The summed E-state index contributed by atoms with van der Waals surface area (Å²) in [6.45, 7) is 4.91. The van der Waals surface area contributed by atoms with Crippen molar-refractivity contribution >= 4 is 33.1 Å². The third kappa shape index (κ3) is 4.41. The minimum absolute atomic E-state index is 0.00197. The number of hydrogen-bond donors (Lipinski definition) is 0. The summed E-state index contributed by atoms with van der Waals surface area (Å²) in [5.74, 6) is 0.725. The summed E-state index contributed by atoms with van der Waals surface area (Å²) < 4.78 is 7.20. The van der Waals surface area contributed by atoms with Crippen molar-refractivity contribution in [3.8, 4) is 16.2 Å². The number of benzene rings is 2. The van der Waals surface area contributed by atoms with Crippen molar-refractivity contribution in [1.29, 1.82) is 0 Å². The highest BCUT2D eigenvalue weighted by atomic mass is 32.1. The summed E-state index contributed by atoms with van der Waals surface area (Å²) in [6.07, 6.45) is 1.48. The fraction of sp³-hybridized carbons (Fsp3) is 0.269. The lowest BCUT2D eigenvalue weighted by molar-refractivity contribution is -0.132. The van der Waals surface area contributed by atoms with Crippen LogP contribution in [0.3, 0.4) is 0 Å². The summed E-state index contributed by atoms with van der Waals surface area (Å²) in [4.78, 5) is 35.6. The predicted octanol–water partition coefficient (Wildman–Crippen LogP) is 3.79. The number of anilines is 1. The predicted molar refractivity (Wildman–Crippen MR) is 136 cm³/mol. The number of rotatable bonds is 5. The highest BCUT2D eigenvalue weighted by Crippen LogP contribution is 2.31. The molecule has 1 aliphatic rings. The number of hydrogen-bond acceptors (Lipinski definition) is 6. The number of amides is 1. The Morgan fingerprint density at radius 3 is 2.53 bits per heavy atom. The van der Waals surface area contributed by atoms with Crippen LogP contribution in [0.5, 0.6) is 5.75 Å². The molecule has 0 radical (unpaired) electrons. The molecule has 0 saturated carbocycles. The molecule has 2 aromatic heterocycles. The van der Waals surface area contributed by atoms with Gasteiger partial charge in [-0.15, -0.1) is 11.3 Å². The standard InChI is InChI=1S/C26H26N4O3S/c1-18-4-3-5-20(14-18)28-10-12-29(13-11-28)24(31)16-30-17-27-22-15-23(34-25(22)26(30)32)19-6-8-21(33-2)9-7-19/h3-9,14-15,17H,10-13,16H2,1-2H3. The molecular formula is C26H26N4O3S. The Morgan fingerprint density at radius 1 is 1.06 bits per heavy atom. The third-order valence-electron chi connectivity index (χ3n) is 6.18. The van der Waals surface area contributed by atoms with E-state index in [0.29, 0.717) is 23.3 Å². The normalized spacial score (nSPS) is 13.9. The molecule has 0 atom stereocenters. The number of nitrogens with zero attached hydrogens (tertiary/aromatic N) is 4. The number of methoxy groups -OCH3 is 1. The lowest BCUT2D eigenvalue weighted by atomic mass is 10.2. The van der Waals surface area contributed by atoms with Crippen LogP contribution in [0.1, 0.15) is 5.56 Å². The van der Waals surface area contributed by atoms with Crippen molar-refractivity contribution in [2.24, 2.45) is 0 Å². The van der Waals surface area contributed by atoms with Gasteiger partial charge in [0.15, 0.2) is 0 Å². The van der Waals surface area contributed by atoms with Gasteiger partial charge in [-0.25, -0.2) is 4.98 Å². The first-order valence-electron chi connectivity index (χ1n) is 11.2. The van der Waals surface area contributed by atoms with Crippen LogP contribution in [0.2, 0.25) is 0 Å². The fourth-order valence-corrected chi connectivity index (χ4v) is 5.31. The molecule has 1 aliphatic heterocycles. The first-order chi connectivity index (χ1) is 16.5. The second kappa shape index (κ2) is 9.30. The third-order valence-corrected chi connectivity index (χ3v) is 7.34. The van der Waals surface area contributed by atoms with Gasteiger partial charge in [0, 0.05) is 36.7 Å². The average molecular weight is 475 g/mol. The Bertz CT molecular complexity index is 1390. The first kappa shape index (κ1) is 22.2. The van der Waals surface area contributed by atoms with Crippen molar-refractivity contribution in [2.45, 2.75) is 13.5 Å². The molecule has 0 spiro atoms. The van der Waals surface area contributed by atoms with Gasteiger partial charge in [-0.3, -0.25) is 14.2 Å². The van der Waals surface area contributed by atoms with E-state index in [4.69, 9.17) is 4.74 Å². The number of ether oxygens (including phenoxy) is 1. The molecule has 0 bridgehead atoms. The van der Waals surface area contributed by atoms with E-state index in [1.165, 1.54) is 33.5 Å². The van der Waals surface area contributed by atoms with Crippen LogP contribution in [0.4, 0.5) is 5.69 Å². The largest absolute Gasteiger partial charge is 0.497 e. The van der Waals surface area contributed by atoms with E-state index in [9.17, 15) is 9.59 Å². The molecule has 0 N–H and O–H groups in total. The van der Waals surface area contributed by atoms with Gasteiger partial charge in [0.05, 0.1) is 19.0 Å². The van der Waals surface area contributed by atoms with E-state index in [1.54, 1.807) is 7.11 Å². The highest BCUT2D eigenvalue weighted by molar-refractivity contribution is 7.22. The average Bonchev–Trinajstić information content (AvgIpc) is 3.31. The molecule has 7 nitrogen and oxygen atoms in total. The van der Waals surface area contributed by atoms with E-state index >= 15 is 0 Å². The number of thiophene rings is 1. The molecule has 3 heterocycles. The summed E-state index contributed by atoms with van der Waals surface area (Å²) in [7, 11) is 1.63. The number of fused-ring (bicyclic) bond motifs is 1. The minimum atomic E-state index is -0.179. The second-order valence-electron chi connectivity index (χ2n) is 8.44. The number of aromatic nitrogens is 2. The van der Waals surface area contributed by atoms with Gasteiger partial charge < -0.3 is 14.5 Å². The van der Waals surface area contributed by atoms with Gasteiger partial charge in [0.25, 0.3) is 5.56 Å². The minimum Gasteiger partial charge on any atom is -0.497 e. The smallest absolute Gasteiger partial charge is 0.271 e. The van der Waals surface area contributed by atoms with Crippen molar-refractivity contribution in [3.05, 3.63) is 76.8 Å². The number of aryl methyl sites for hydroxylation is 1. The van der Waals surface area contributed by atoms with E-state index < -0.39 is 0 Å². The Kier molecular flexibility index (Phi) is 6.06. The first-order valence-corrected chi connectivity index (χ1v) is 12.1. The van der Waals surface area contributed by atoms with Gasteiger partial charge in [-0.05, 0) is 60.5 Å². The van der Waals surface area contributed by atoms with Crippen molar-refractivity contribution in [2.75, 3.05) is 38.2 Å². The van der Waals surface area contributed by atoms with Crippen LogP contribution in [-0.2, 0) is 11.3 Å². The van der Waals surface area contributed by atoms with Crippen molar-refractivity contribution in [3.63, 3.8) is 0 Å². The van der Waals surface area contributed by atoms with E-state index in [1.807, 2.05) is 35.2 Å². The topological polar surface area (TPSA) is 67.7 Å². The van der Waals surface area contributed by atoms with Crippen molar-refractivity contribution < 1.29 is 9.53 Å². The quantitative estimate of drug-likeness (QED) is 0.440. The van der Waals surface area contributed by atoms with Gasteiger partial charge in [0.1, 0.15) is 17.0 Å². The maximum absolute atomic E-state index is 13.1. The summed E-state index contributed by atoms with van der Waals surface area (Å²) in [6, 6.07) is 18.0. The van der Waals surface area contributed by atoms with Gasteiger partial charge in [0.2, 0.25) is 5.91 Å². The molecular weight excluding hydrogens is 448 g/mol. The maximum Gasteiger partial charge on any atom is 0.271 e. The molecule has 0 aliphatic carbocycles. The molecule has 0 unspecified atom stereocenters.